The van der Waals surface area contributed by atoms with E-state index in [0.29, 0.717) is 6.61 Å². The molecule has 0 aliphatic heterocycles. The highest BCUT2D eigenvalue weighted by Crippen LogP contribution is 2.20. The van der Waals surface area contributed by atoms with Gasteiger partial charge in [0.25, 0.3) is 0 Å². The van der Waals surface area contributed by atoms with Crippen molar-refractivity contribution >= 4 is 0 Å². The lowest BCUT2D eigenvalue weighted by molar-refractivity contribution is 0.282. The standard InChI is InChI=1S/C65H132O/c1-2-3-4-5-6-7-8-9-10-11-12-13-14-15-16-17-18-19-20-21-22-23-24-25-26-27-28-29-30-31-32-33-34-35-36-37-38-39-40-41-42-43-44-45-46-47-48-49-50-51-52-53-54-55-56-57-58-59-60-61-62-63-64-65-66/h66H,2-65H2,1H3. The van der Waals surface area contributed by atoms with Crippen LogP contribution in [0.2, 0.25) is 0 Å². The van der Waals surface area contributed by atoms with Crippen LogP contribution in [0.3, 0.4) is 0 Å². The van der Waals surface area contributed by atoms with Crippen molar-refractivity contribution in [3.8, 4) is 0 Å². The summed E-state index contributed by atoms with van der Waals surface area (Å²) in [6.45, 7) is 2.69. The molecule has 0 saturated heterocycles. The number of aliphatic hydroxyl groups excluding tert-OH is 1. The van der Waals surface area contributed by atoms with Crippen molar-refractivity contribution in [1.82, 2.24) is 0 Å². The largest absolute Gasteiger partial charge is 0.396 e. The van der Waals surface area contributed by atoms with E-state index < -0.39 is 0 Å². The maximum atomic E-state index is 8.83. The van der Waals surface area contributed by atoms with Crippen LogP contribution in [-0.2, 0) is 0 Å². The van der Waals surface area contributed by atoms with Crippen molar-refractivity contribution in [2.75, 3.05) is 6.61 Å². The summed E-state index contributed by atoms with van der Waals surface area (Å²) >= 11 is 0. The third-order valence-corrected chi connectivity index (χ3v) is 15.8. The molecule has 0 rings (SSSR count). The van der Waals surface area contributed by atoms with Crippen molar-refractivity contribution in [2.45, 2.75) is 411 Å². The van der Waals surface area contributed by atoms with Crippen LogP contribution in [0.4, 0.5) is 0 Å². The molecule has 0 fully saturated rings. The van der Waals surface area contributed by atoms with Crippen molar-refractivity contribution in [3.63, 3.8) is 0 Å². The fourth-order valence-electron chi connectivity index (χ4n) is 11.0. The molecule has 0 aliphatic rings. The lowest BCUT2D eigenvalue weighted by Crippen LogP contribution is -1.85. The van der Waals surface area contributed by atoms with Gasteiger partial charge in [0.15, 0.2) is 0 Å². The Kier molecular flexibility index (Phi) is 64.9. The fourth-order valence-corrected chi connectivity index (χ4v) is 11.0. The van der Waals surface area contributed by atoms with Crippen LogP contribution in [0.25, 0.3) is 0 Å². The smallest absolute Gasteiger partial charge is 0.0431 e. The van der Waals surface area contributed by atoms with Gasteiger partial charge in [-0.1, -0.05) is 405 Å². The summed E-state index contributed by atoms with van der Waals surface area (Å²) in [5, 5.41) is 8.83. The van der Waals surface area contributed by atoms with Gasteiger partial charge in [-0.3, -0.25) is 0 Å². The molecule has 0 aliphatic carbocycles. The van der Waals surface area contributed by atoms with Crippen molar-refractivity contribution in [1.29, 1.82) is 0 Å². The highest BCUT2D eigenvalue weighted by atomic mass is 16.2. The molecular formula is C65H132O. The van der Waals surface area contributed by atoms with Crippen molar-refractivity contribution in [2.24, 2.45) is 0 Å². The Morgan fingerprint density at radius 3 is 0.273 bits per heavy atom. The Labute approximate surface area is 421 Å². The molecule has 398 valence electrons. The zero-order valence-electron chi connectivity index (χ0n) is 46.7. The maximum absolute atomic E-state index is 8.83. The molecule has 0 bridgehead atoms. The van der Waals surface area contributed by atoms with Gasteiger partial charge in [-0.25, -0.2) is 0 Å². The number of unbranched alkanes of at least 4 members (excludes halogenated alkanes) is 62. The van der Waals surface area contributed by atoms with Crippen molar-refractivity contribution in [3.05, 3.63) is 0 Å². The Balaban J connectivity index is 3.06. The number of hydrogen-bond donors (Lipinski definition) is 1. The number of aliphatic hydroxyl groups is 1. The second kappa shape index (κ2) is 65.0. The van der Waals surface area contributed by atoms with Gasteiger partial charge in [0.1, 0.15) is 0 Å². The molecule has 0 saturated carbocycles. The Bertz CT molecular complexity index is 711. The monoisotopic (exact) mass is 929 g/mol. The first-order valence-electron chi connectivity index (χ1n) is 32.5. The molecule has 0 aromatic heterocycles. The summed E-state index contributed by atoms with van der Waals surface area (Å²) in [4.78, 5) is 0. The van der Waals surface area contributed by atoms with Gasteiger partial charge >= 0.3 is 0 Å². The fraction of sp³-hybridized carbons (Fsp3) is 1.00. The normalized spacial score (nSPS) is 11.7. The maximum Gasteiger partial charge on any atom is 0.0431 e. The summed E-state index contributed by atoms with van der Waals surface area (Å²) < 4.78 is 0. The lowest BCUT2D eigenvalue weighted by Gasteiger charge is -2.05. The Morgan fingerprint density at radius 2 is 0.197 bits per heavy atom. The molecule has 1 N–H and O–H groups in total. The summed E-state index contributed by atoms with van der Waals surface area (Å²) in [5.74, 6) is 0. The average molecular weight is 930 g/mol. The van der Waals surface area contributed by atoms with E-state index in [1.165, 1.54) is 398 Å². The number of hydrogen-bond acceptors (Lipinski definition) is 1. The van der Waals surface area contributed by atoms with Gasteiger partial charge in [-0.15, -0.1) is 0 Å². The van der Waals surface area contributed by atoms with Crippen LogP contribution in [-0.4, -0.2) is 11.7 Å². The molecule has 0 unspecified atom stereocenters. The minimum atomic E-state index is 0.375. The topological polar surface area (TPSA) is 20.2 Å². The van der Waals surface area contributed by atoms with Crippen LogP contribution in [0.1, 0.15) is 411 Å². The quantitative estimate of drug-likeness (QED) is 0.0603. The van der Waals surface area contributed by atoms with E-state index in [2.05, 4.69) is 6.92 Å². The molecule has 66 heavy (non-hydrogen) atoms. The Hall–Kier alpha value is -0.0400. The first-order valence-corrected chi connectivity index (χ1v) is 32.5. The second-order valence-electron chi connectivity index (χ2n) is 22.6. The van der Waals surface area contributed by atoms with Gasteiger partial charge in [-0.05, 0) is 6.42 Å². The minimum absolute atomic E-state index is 0.375. The average Bonchev–Trinajstić information content (AvgIpc) is 3.33. The van der Waals surface area contributed by atoms with Crippen LogP contribution in [0.5, 0.6) is 0 Å². The third kappa shape index (κ3) is 64.0. The van der Waals surface area contributed by atoms with E-state index in [4.69, 9.17) is 5.11 Å². The zero-order valence-corrected chi connectivity index (χ0v) is 46.7. The van der Waals surface area contributed by atoms with E-state index in [-0.39, 0.29) is 0 Å². The summed E-state index contributed by atoms with van der Waals surface area (Å²) in [7, 11) is 0. The molecule has 0 amide bonds. The minimum Gasteiger partial charge on any atom is -0.396 e. The van der Waals surface area contributed by atoms with Crippen LogP contribution < -0.4 is 0 Å². The molecular weight excluding hydrogens is 797 g/mol. The van der Waals surface area contributed by atoms with E-state index in [1.807, 2.05) is 0 Å². The molecule has 0 heterocycles. The highest BCUT2D eigenvalue weighted by molar-refractivity contribution is 4.56. The highest BCUT2D eigenvalue weighted by Gasteiger charge is 2.00. The predicted molar refractivity (Wildman–Crippen MR) is 304 cm³/mol. The van der Waals surface area contributed by atoms with Crippen molar-refractivity contribution < 1.29 is 5.11 Å². The van der Waals surface area contributed by atoms with Crippen LogP contribution in [0.15, 0.2) is 0 Å². The number of rotatable bonds is 63. The Morgan fingerprint density at radius 1 is 0.121 bits per heavy atom. The summed E-state index contributed by atoms with van der Waals surface area (Å²) in [6, 6.07) is 0. The van der Waals surface area contributed by atoms with E-state index >= 15 is 0 Å². The molecule has 1 heteroatoms. The molecule has 0 spiro atoms. The molecule has 0 atom stereocenters. The summed E-state index contributed by atoms with van der Waals surface area (Å²) in [6.07, 6.45) is 92.5. The van der Waals surface area contributed by atoms with E-state index in [9.17, 15) is 0 Å². The second-order valence-corrected chi connectivity index (χ2v) is 22.6. The van der Waals surface area contributed by atoms with E-state index in [0.717, 1.165) is 6.42 Å². The van der Waals surface area contributed by atoms with Gasteiger partial charge < -0.3 is 5.11 Å². The zero-order chi connectivity index (χ0) is 47.3. The first-order chi connectivity index (χ1) is 32.9. The van der Waals surface area contributed by atoms with Gasteiger partial charge in [-0.2, -0.15) is 0 Å². The SMILES string of the molecule is CCCCCCCCCCCCCCCCCCCCCCCCCCCCCCCCCCCCCCCCCCCCCCCCCCCCCCCCCCCCCCCCCO. The van der Waals surface area contributed by atoms with Gasteiger partial charge in [0, 0.05) is 6.61 Å². The van der Waals surface area contributed by atoms with Crippen LogP contribution in [0, 0.1) is 0 Å². The van der Waals surface area contributed by atoms with Crippen LogP contribution >= 0.6 is 0 Å². The molecule has 1 nitrogen and oxygen atoms in total. The molecule has 0 radical (unpaired) electrons. The van der Waals surface area contributed by atoms with Gasteiger partial charge in [0.2, 0.25) is 0 Å². The van der Waals surface area contributed by atoms with E-state index in [1.54, 1.807) is 0 Å². The third-order valence-electron chi connectivity index (χ3n) is 15.8. The molecule has 0 aromatic rings. The predicted octanol–water partition coefficient (Wildman–Crippen LogP) is 24.6. The summed E-state index contributed by atoms with van der Waals surface area (Å²) in [5.41, 5.74) is 0. The molecule has 0 aromatic carbocycles. The first kappa shape index (κ1) is 66.0. The van der Waals surface area contributed by atoms with Gasteiger partial charge in [0.05, 0.1) is 0 Å². The lowest BCUT2D eigenvalue weighted by atomic mass is 10.0.